The number of sulfonamides is 1. The molecule has 0 saturated carbocycles. The third-order valence-corrected chi connectivity index (χ3v) is 6.89. The van der Waals surface area contributed by atoms with E-state index in [9.17, 15) is 18.0 Å². The molecular weight excluding hydrogens is 446 g/mol. The van der Waals surface area contributed by atoms with Crippen molar-refractivity contribution in [2.45, 2.75) is 11.8 Å². The molecule has 0 saturated heterocycles. The molecule has 2 heterocycles. The van der Waals surface area contributed by atoms with E-state index >= 15 is 0 Å². The number of amides is 2. The first-order valence-corrected chi connectivity index (χ1v) is 11.3. The minimum atomic E-state index is -3.60. The summed E-state index contributed by atoms with van der Waals surface area (Å²) in [4.78, 5) is 30.1. The summed E-state index contributed by atoms with van der Waals surface area (Å²) in [5.74, 6) is -1.76. The van der Waals surface area contributed by atoms with Crippen molar-refractivity contribution in [2.75, 3.05) is 24.4 Å². The highest BCUT2D eigenvalue weighted by molar-refractivity contribution is 7.89. The normalized spacial score (nSPS) is 16.2. The molecule has 1 aliphatic heterocycles. The van der Waals surface area contributed by atoms with E-state index in [0.29, 0.717) is 28.5 Å². The summed E-state index contributed by atoms with van der Waals surface area (Å²) in [6.45, 7) is 1.59. The molecule has 2 amide bonds. The molecule has 1 unspecified atom stereocenters. The minimum Gasteiger partial charge on any atom is -0.445 e. The number of anilines is 2. The number of nitrogens with one attached hydrogen (secondary N) is 1. The number of aromatic nitrogens is 1. The summed E-state index contributed by atoms with van der Waals surface area (Å²) in [6.07, 6.45) is 2.98. The van der Waals surface area contributed by atoms with E-state index in [0.717, 1.165) is 9.31 Å². The van der Waals surface area contributed by atoms with Gasteiger partial charge in [0.05, 0.1) is 22.5 Å². The molecule has 0 fully saturated rings. The van der Waals surface area contributed by atoms with Gasteiger partial charge in [-0.25, -0.2) is 17.7 Å². The Hall–Kier alpha value is -3.83. The molecule has 10 nitrogen and oxygen atoms in total. The van der Waals surface area contributed by atoms with Crippen LogP contribution in [0.3, 0.4) is 0 Å². The second kappa shape index (κ2) is 8.60. The van der Waals surface area contributed by atoms with Gasteiger partial charge in [0.25, 0.3) is 5.91 Å². The van der Waals surface area contributed by atoms with Crippen LogP contribution in [0.4, 0.5) is 11.4 Å². The highest BCUT2D eigenvalue weighted by Crippen LogP contribution is 2.27. The Bertz CT molecular complexity index is 1330. The first kappa shape index (κ1) is 22.4. The van der Waals surface area contributed by atoms with Gasteiger partial charge >= 0.3 is 0 Å². The second-order valence-electron chi connectivity index (χ2n) is 7.51. The van der Waals surface area contributed by atoms with Gasteiger partial charge in [-0.1, -0.05) is 6.07 Å². The smallest absolute Gasteiger partial charge is 0.265 e. The fourth-order valence-corrected chi connectivity index (χ4v) is 4.23. The van der Waals surface area contributed by atoms with Crippen molar-refractivity contribution in [3.63, 3.8) is 0 Å². The van der Waals surface area contributed by atoms with Gasteiger partial charge < -0.3 is 9.73 Å². The number of hydrogen-bond acceptors (Lipinski definition) is 7. The Morgan fingerprint density at radius 2 is 1.88 bits per heavy atom. The van der Waals surface area contributed by atoms with Crippen molar-refractivity contribution >= 4 is 38.9 Å². The maximum absolute atomic E-state index is 13.0. The maximum Gasteiger partial charge on any atom is 0.265 e. The number of hydrogen-bond donors (Lipinski definition) is 1. The summed E-state index contributed by atoms with van der Waals surface area (Å²) in [6, 6.07) is 12.7. The van der Waals surface area contributed by atoms with Crippen LogP contribution in [0.15, 0.2) is 75.4 Å². The average Bonchev–Trinajstić information content (AvgIpc) is 3.42. The van der Waals surface area contributed by atoms with Crippen LogP contribution in [0.2, 0.25) is 0 Å². The number of nitrogens with zero attached hydrogens (tertiary/aromatic N) is 4. The number of carbonyl (C=O) groups is 2. The summed E-state index contributed by atoms with van der Waals surface area (Å²) in [5, 5.41) is 8.07. The molecule has 0 spiro atoms. The van der Waals surface area contributed by atoms with Gasteiger partial charge in [-0.05, 0) is 49.4 Å². The highest BCUT2D eigenvalue weighted by Gasteiger charge is 2.40. The highest BCUT2D eigenvalue weighted by atomic mass is 32.2. The monoisotopic (exact) mass is 467 g/mol. The number of rotatable bonds is 6. The van der Waals surface area contributed by atoms with E-state index in [1.54, 1.807) is 31.2 Å². The minimum absolute atomic E-state index is 0.0869. The first-order valence-electron chi connectivity index (χ1n) is 9.91. The predicted molar refractivity (Wildman–Crippen MR) is 122 cm³/mol. The Morgan fingerprint density at radius 3 is 2.52 bits per heavy atom. The van der Waals surface area contributed by atoms with Gasteiger partial charge in [0.2, 0.25) is 21.8 Å². The summed E-state index contributed by atoms with van der Waals surface area (Å²) >= 11 is 0. The fraction of sp³-hybridized carbons (Fsp3) is 0.182. The SMILES string of the molecule is CC1=NN(c2ccc(S(=O)(=O)N(C)C)cc2)C(=O)C1C(=O)Nc1cccc(-c2ncco2)c1. The molecule has 2 aromatic carbocycles. The molecule has 0 radical (unpaired) electrons. The molecule has 11 heteroatoms. The molecule has 0 aliphatic carbocycles. The lowest BCUT2D eigenvalue weighted by atomic mass is 10.0. The van der Waals surface area contributed by atoms with Crippen molar-refractivity contribution in [1.82, 2.24) is 9.29 Å². The molecule has 1 aromatic heterocycles. The van der Waals surface area contributed by atoms with Crippen molar-refractivity contribution in [3.8, 4) is 11.5 Å². The van der Waals surface area contributed by atoms with Crippen LogP contribution in [-0.4, -0.2) is 49.3 Å². The molecule has 1 N–H and O–H groups in total. The predicted octanol–water partition coefficient (Wildman–Crippen LogP) is 2.57. The van der Waals surface area contributed by atoms with E-state index in [4.69, 9.17) is 4.42 Å². The number of oxazole rings is 1. The molecule has 33 heavy (non-hydrogen) atoms. The van der Waals surface area contributed by atoms with E-state index in [1.807, 2.05) is 0 Å². The lowest BCUT2D eigenvalue weighted by Crippen LogP contribution is -2.36. The van der Waals surface area contributed by atoms with Crippen molar-refractivity contribution in [1.29, 1.82) is 0 Å². The molecule has 170 valence electrons. The van der Waals surface area contributed by atoms with E-state index in [2.05, 4.69) is 15.4 Å². The largest absolute Gasteiger partial charge is 0.445 e. The topological polar surface area (TPSA) is 125 Å². The van der Waals surface area contributed by atoms with Gasteiger partial charge in [0.1, 0.15) is 6.26 Å². The summed E-state index contributed by atoms with van der Waals surface area (Å²) < 4.78 is 30.9. The van der Waals surface area contributed by atoms with Crippen LogP contribution >= 0.6 is 0 Å². The van der Waals surface area contributed by atoms with Gasteiger partial charge in [0.15, 0.2) is 5.92 Å². The summed E-state index contributed by atoms with van der Waals surface area (Å²) in [5.41, 5.74) is 1.84. The van der Waals surface area contributed by atoms with Crippen LogP contribution in [0.25, 0.3) is 11.5 Å². The molecule has 1 aliphatic rings. The van der Waals surface area contributed by atoms with E-state index in [1.165, 1.54) is 50.8 Å². The maximum atomic E-state index is 13.0. The van der Waals surface area contributed by atoms with Crippen LogP contribution in [-0.2, 0) is 19.6 Å². The summed E-state index contributed by atoms with van der Waals surface area (Å²) in [7, 11) is -0.730. The third-order valence-electron chi connectivity index (χ3n) is 5.06. The number of carbonyl (C=O) groups excluding carboxylic acids is 2. The second-order valence-corrected chi connectivity index (χ2v) is 9.66. The molecule has 1 atom stereocenters. The Balaban J connectivity index is 1.51. The zero-order chi connectivity index (χ0) is 23.8. The van der Waals surface area contributed by atoms with E-state index < -0.39 is 27.8 Å². The molecule has 0 bridgehead atoms. The Labute approximate surface area is 190 Å². The van der Waals surface area contributed by atoms with Crippen LogP contribution in [0.1, 0.15) is 6.92 Å². The van der Waals surface area contributed by atoms with Crippen LogP contribution in [0.5, 0.6) is 0 Å². The van der Waals surface area contributed by atoms with Gasteiger partial charge in [-0.15, -0.1) is 0 Å². The number of hydrazone groups is 1. The van der Waals surface area contributed by atoms with Gasteiger partial charge in [0, 0.05) is 25.3 Å². The lowest BCUT2D eigenvalue weighted by Gasteiger charge is -2.16. The quantitative estimate of drug-likeness (QED) is 0.556. The number of benzene rings is 2. The first-order chi connectivity index (χ1) is 15.7. The average molecular weight is 468 g/mol. The zero-order valence-corrected chi connectivity index (χ0v) is 18.9. The van der Waals surface area contributed by atoms with Gasteiger partial charge in [-0.3, -0.25) is 9.59 Å². The molecule has 4 rings (SSSR count). The third kappa shape index (κ3) is 4.28. The standard InChI is InChI=1S/C22H21N5O5S/c1-14-19(20(28)24-16-6-4-5-15(13-16)21-23-11-12-32-21)22(29)27(25-14)17-7-9-18(10-8-17)33(30,31)26(2)3/h4-13,19H,1-3H3,(H,24,28). The van der Waals surface area contributed by atoms with Crippen molar-refractivity contribution in [2.24, 2.45) is 11.0 Å². The van der Waals surface area contributed by atoms with Crippen LogP contribution in [0, 0.1) is 5.92 Å². The molecule has 3 aromatic rings. The Kier molecular flexibility index (Phi) is 5.83. The molecular formula is C22H21N5O5S. The zero-order valence-electron chi connectivity index (χ0n) is 18.1. The van der Waals surface area contributed by atoms with Crippen LogP contribution < -0.4 is 10.3 Å². The fourth-order valence-electron chi connectivity index (χ4n) is 3.33. The Morgan fingerprint density at radius 1 is 1.15 bits per heavy atom. The lowest BCUT2D eigenvalue weighted by molar-refractivity contribution is -0.127. The van der Waals surface area contributed by atoms with E-state index in [-0.39, 0.29) is 4.90 Å². The van der Waals surface area contributed by atoms with Gasteiger partial charge in [-0.2, -0.15) is 10.1 Å². The van der Waals surface area contributed by atoms with Crippen molar-refractivity contribution in [3.05, 3.63) is 61.0 Å². The van der Waals surface area contributed by atoms with Crippen molar-refractivity contribution < 1.29 is 22.4 Å².